The Labute approximate surface area is 114 Å². The SMILES string of the molecule is Cc1cc(N)c(Cl)cc1NCCOCCN(C)C. The number of anilines is 2. The van der Waals surface area contributed by atoms with Gasteiger partial charge in [0.1, 0.15) is 0 Å². The van der Waals surface area contributed by atoms with E-state index in [1.165, 1.54) is 0 Å². The summed E-state index contributed by atoms with van der Waals surface area (Å²) in [7, 11) is 4.06. The quantitative estimate of drug-likeness (QED) is 0.590. The maximum Gasteiger partial charge on any atom is 0.0656 e. The van der Waals surface area contributed by atoms with Gasteiger partial charge >= 0.3 is 0 Å². The van der Waals surface area contributed by atoms with Crippen LogP contribution >= 0.6 is 11.6 Å². The van der Waals surface area contributed by atoms with Crippen LogP contribution in [0.1, 0.15) is 5.56 Å². The molecule has 0 heterocycles. The number of benzene rings is 1. The lowest BCUT2D eigenvalue weighted by atomic mass is 10.2. The fourth-order valence-electron chi connectivity index (χ4n) is 1.50. The zero-order valence-electron chi connectivity index (χ0n) is 11.3. The normalized spacial score (nSPS) is 10.9. The molecule has 1 aromatic rings. The number of hydrogen-bond acceptors (Lipinski definition) is 4. The molecule has 0 fully saturated rings. The van der Waals surface area contributed by atoms with Crippen molar-refractivity contribution in [2.45, 2.75) is 6.92 Å². The van der Waals surface area contributed by atoms with Crippen molar-refractivity contribution in [3.63, 3.8) is 0 Å². The molecule has 0 aliphatic carbocycles. The predicted molar refractivity (Wildman–Crippen MR) is 78.5 cm³/mol. The second kappa shape index (κ2) is 7.46. The highest BCUT2D eigenvalue weighted by atomic mass is 35.5. The molecule has 0 saturated carbocycles. The molecule has 1 aromatic carbocycles. The third-order valence-corrected chi connectivity index (χ3v) is 2.92. The fraction of sp³-hybridized carbons (Fsp3) is 0.538. The minimum Gasteiger partial charge on any atom is -0.398 e. The van der Waals surface area contributed by atoms with Gasteiger partial charge < -0.3 is 20.7 Å². The van der Waals surface area contributed by atoms with Crippen LogP contribution in [0.5, 0.6) is 0 Å². The number of nitrogens with one attached hydrogen (secondary N) is 1. The molecule has 18 heavy (non-hydrogen) atoms. The van der Waals surface area contributed by atoms with Gasteiger partial charge in [0.15, 0.2) is 0 Å². The van der Waals surface area contributed by atoms with Crippen LogP contribution in [0.4, 0.5) is 11.4 Å². The molecule has 5 heteroatoms. The summed E-state index contributed by atoms with van der Waals surface area (Å²) in [6, 6.07) is 3.73. The first kappa shape index (κ1) is 15.1. The van der Waals surface area contributed by atoms with E-state index >= 15 is 0 Å². The second-order valence-electron chi connectivity index (χ2n) is 4.53. The first-order valence-corrected chi connectivity index (χ1v) is 6.40. The van der Waals surface area contributed by atoms with Crippen molar-refractivity contribution >= 4 is 23.0 Å². The van der Waals surface area contributed by atoms with E-state index in [9.17, 15) is 0 Å². The number of rotatable bonds is 7. The molecule has 102 valence electrons. The Morgan fingerprint density at radius 2 is 2.06 bits per heavy atom. The lowest BCUT2D eigenvalue weighted by Crippen LogP contribution is -2.20. The molecule has 0 spiro atoms. The average molecular weight is 272 g/mol. The van der Waals surface area contributed by atoms with Crippen LogP contribution in [0.25, 0.3) is 0 Å². The Morgan fingerprint density at radius 3 is 2.72 bits per heavy atom. The molecule has 0 aliphatic rings. The number of hydrogen-bond donors (Lipinski definition) is 2. The summed E-state index contributed by atoms with van der Waals surface area (Å²) >= 11 is 5.98. The number of ether oxygens (including phenoxy) is 1. The van der Waals surface area contributed by atoms with Gasteiger partial charge in [-0.15, -0.1) is 0 Å². The number of halogens is 1. The average Bonchev–Trinajstić information content (AvgIpc) is 2.29. The molecule has 0 unspecified atom stereocenters. The molecule has 0 radical (unpaired) electrons. The van der Waals surface area contributed by atoms with Crippen molar-refractivity contribution in [3.05, 3.63) is 22.7 Å². The summed E-state index contributed by atoms with van der Waals surface area (Å²) in [5, 5.41) is 3.87. The van der Waals surface area contributed by atoms with Crippen LogP contribution in [0, 0.1) is 6.92 Å². The highest BCUT2D eigenvalue weighted by Crippen LogP contribution is 2.26. The fourth-order valence-corrected chi connectivity index (χ4v) is 1.67. The number of nitrogens with two attached hydrogens (primary N) is 1. The smallest absolute Gasteiger partial charge is 0.0656 e. The minimum absolute atomic E-state index is 0.580. The molecular weight excluding hydrogens is 250 g/mol. The molecule has 0 atom stereocenters. The molecule has 3 N–H and O–H groups in total. The van der Waals surface area contributed by atoms with E-state index in [1.54, 1.807) is 0 Å². The minimum atomic E-state index is 0.580. The van der Waals surface area contributed by atoms with Gasteiger partial charge in [0.05, 0.1) is 23.9 Å². The number of nitrogen functional groups attached to an aromatic ring is 1. The lowest BCUT2D eigenvalue weighted by Gasteiger charge is -2.13. The topological polar surface area (TPSA) is 50.5 Å². The van der Waals surface area contributed by atoms with E-state index in [0.29, 0.717) is 17.3 Å². The van der Waals surface area contributed by atoms with Crippen molar-refractivity contribution in [3.8, 4) is 0 Å². The number of nitrogens with zero attached hydrogens (tertiary/aromatic N) is 1. The third-order valence-electron chi connectivity index (χ3n) is 2.59. The van der Waals surface area contributed by atoms with Crippen LogP contribution in [-0.2, 0) is 4.74 Å². The summed E-state index contributed by atoms with van der Waals surface area (Å²) in [6.07, 6.45) is 0. The zero-order valence-corrected chi connectivity index (χ0v) is 12.0. The van der Waals surface area contributed by atoms with Crippen molar-refractivity contribution in [1.82, 2.24) is 4.90 Å². The second-order valence-corrected chi connectivity index (χ2v) is 4.94. The first-order valence-electron chi connectivity index (χ1n) is 6.02. The van der Waals surface area contributed by atoms with Crippen molar-refractivity contribution in [1.29, 1.82) is 0 Å². The van der Waals surface area contributed by atoms with E-state index < -0.39 is 0 Å². The van der Waals surface area contributed by atoms with E-state index in [0.717, 1.165) is 30.9 Å². The summed E-state index contributed by atoms with van der Waals surface area (Å²) in [5.41, 5.74) is 8.43. The molecule has 4 nitrogen and oxygen atoms in total. The Morgan fingerprint density at radius 1 is 1.33 bits per heavy atom. The van der Waals surface area contributed by atoms with Gasteiger partial charge in [-0.3, -0.25) is 0 Å². The first-order chi connectivity index (χ1) is 8.50. The van der Waals surface area contributed by atoms with Crippen LogP contribution in [0.2, 0.25) is 5.02 Å². The van der Waals surface area contributed by atoms with Gasteiger partial charge in [0, 0.05) is 18.8 Å². The summed E-state index contributed by atoms with van der Waals surface area (Å²) < 4.78 is 5.50. The molecule has 0 aromatic heterocycles. The Bertz CT molecular complexity index is 383. The molecule has 0 amide bonds. The van der Waals surface area contributed by atoms with Gasteiger partial charge in [-0.25, -0.2) is 0 Å². The standard InChI is InChI=1S/C13H22ClN3O/c1-10-8-12(15)11(14)9-13(10)16-4-6-18-7-5-17(2)3/h8-9,16H,4-7,15H2,1-3H3. The van der Waals surface area contributed by atoms with Crippen molar-refractivity contribution in [2.75, 3.05) is 51.4 Å². The van der Waals surface area contributed by atoms with Crippen molar-refractivity contribution in [2.24, 2.45) is 0 Å². The van der Waals surface area contributed by atoms with E-state index in [4.69, 9.17) is 22.1 Å². The number of likely N-dealkylation sites (N-methyl/N-ethyl adjacent to an activating group) is 1. The Balaban J connectivity index is 2.29. The van der Waals surface area contributed by atoms with Gasteiger partial charge in [-0.2, -0.15) is 0 Å². The van der Waals surface area contributed by atoms with Gasteiger partial charge in [-0.05, 0) is 38.7 Å². The van der Waals surface area contributed by atoms with Crippen LogP contribution in [0.3, 0.4) is 0 Å². The number of aryl methyl sites for hydroxylation is 1. The summed E-state index contributed by atoms with van der Waals surface area (Å²) in [5.74, 6) is 0. The largest absolute Gasteiger partial charge is 0.398 e. The van der Waals surface area contributed by atoms with E-state index in [-0.39, 0.29) is 0 Å². The molecular formula is C13H22ClN3O. The van der Waals surface area contributed by atoms with E-state index in [2.05, 4.69) is 10.2 Å². The lowest BCUT2D eigenvalue weighted by molar-refractivity contribution is 0.126. The predicted octanol–water partition coefficient (Wildman–Crippen LogP) is 2.22. The molecule has 0 saturated heterocycles. The van der Waals surface area contributed by atoms with Gasteiger partial charge in [0.25, 0.3) is 0 Å². The van der Waals surface area contributed by atoms with E-state index in [1.807, 2.05) is 33.2 Å². The highest BCUT2D eigenvalue weighted by Gasteiger charge is 2.02. The van der Waals surface area contributed by atoms with Crippen molar-refractivity contribution < 1.29 is 4.74 Å². The van der Waals surface area contributed by atoms with Crippen LogP contribution < -0.4 is 11.1 Å². The Hall–Kier alpha value is -0.970. The summed E-state index contributed by atoms with van der Waals surface area (Å²) in [4.78, 5) is 2.09. The molecule has 1 rings (SSSR count). The molecule has 0 bridgehead atoms. The van der Waals surface area contributed by atoms with Crippen LogP contribution in [0.15, 0.2) is 12.1 Å². The maximum atomic E-state index is 5.98. The maximum absolute atomic E-state index is 5.98. The highest BCUT2D eigenvalue weighted by molar-refractivity contribution is 6.33. The third kappa shape index (κ3) is 5.12. The van der Waals surface area contributed by atoms with Gasteiger partial charge in [-0.1, -0.05) is 11.6 Å². The van der Waals surface area contributed by atoms with Gasteiger partial charge in [0.2, 0.25) is 0 Å². The van der Waals surface area contributed by atoms with Crippen LogP contribution in [-0.4, -0.2) is 45.3 Å². The zero-order chi connectivity index (χ0) is 13.5. The summed E-state index contributed by atoms with van der Waals surface area (Å²) in [6.45, 7) is 5.12. The Kier molecular flexibility index (Phi) is 6.25. The molecule has 0 aliphatic heterocycles. The monoisotopic (exact) mass is 271 g/mol.